The highest BCUT2D eigenvalue weighted by atomic mass is 35.5. The molecule has 1 aromatic carbocycles. The fourth-order valence-electron chi connectivity index (χ4n) is 4.00. The Bertz CT molecular complexity index is 798. The van der Waals surface area contributed by atoms with Crippen LogP contribution >= 0.6 is 23.2 Å². The average molecular weight is 433 g/mol. The normalized spacial score (nSPS) is 20.5. The topological polar surface area (TPSA) is 32.3 Å². The maximum absolute atomic E-state index is 12.6. The Morgan fingerprint density at radius 2 is 1.97 bits per heavy atom. The van der Waals surface area contributed by atoms with Crippen molar-refractivity contribution in [2.45, 2.75) is 51.9 Å². The van der Waals surface area contributed by atoms with Gasteiger partial charge >= 0.3 is 6.03 Å². The van der Waals surface area contributed by atoms with E-state index in [-0.39, 0.29) is 6.03 Å². The van der Waals surface area contributed by atoms with Crippen molar-refractivity contribution < 1.29 is 4.79 Å². The molecule has 5 heteroatoms. The van der Waals surface area contributed by atoms with E-state index in [1.54, 1.807) is 0 Å². The molecule has 1 aliphatic heterocycles. The monoisotopic (exact) mass is 432 g/mol. The maximum atomic E-state index is 12.6. The lowest BCUT2D eigenvalue weighted by Crippen LogP contribution is -2.35. The Hall–Kier alpha value is -1.71. The number of hydrogen-bond acceptors (Lipinski definition) is 1. The first kappa shape index (κ1) is 22.0. The molecule has 1 heterocycles. The molecular formula is C24H30Cl2N2O. The second-order valence-electron chi connectivity index (χ2n) is 7.86. The standard InChI is InChI=1S/C24H30Cl2N2O/c1-2-18-11-13-22(25)21(23(26)17-18)12-10-19-7-6-15-28(16-14-19)24(29)27-20-8-4-3-5-9-20/h3-5,8-9,13,17,19H,2,6-7,10-12,14-16H2,1H3,(H,27,29). The Morgan fingerprint density at radius 1 is 1.17 bits per heavy atom. The van der Waals surface area contributed by atoms with Crippen LogP contribution in [0.5, 0.6) is 0 Å². The zero-order chi connectivity index (χ0) is 20.6. The number of amides is 2. The highest BCUT2D eigenvalue weighted by molar-refractivity contribution is 6.36. The molecule has 2 amide bonds. The van der Waals surface area contributed by atoms with Gasteiger partial charge in [-0.15, -0.1) is 0 Å². The van der Waals surface area contributed by atoms with Crippen molar-refractivity contribution in [2.75, 3.05) is 18.4 Å². The van der Waals surface area contributed by atoms with Crippen LogP contribution in [-0.4, -0.2) is 24.0 Å². The summed E-state index contributed by atoms with van der Waals surface area (Å²) in [4.78, 5) is 14.5. The number of hydrogen-bond donors (Lipinski definition) is 1. The van der Waals surface area contributed by atoms with Gasteiger partial charge in [0.1, 0.15) is 0 Å². The Morgan fingerprint density at radius 3 is 2.72 bits per heavy atom. The first-order valence-corrected chi connectivity index (χ1v) is 11.4. The molecule has 0 radical (unpaired) electrons. The van der Waals surface area contributed by atoms with Crippen LogP contribution in [0.3, 0.4) is 0 Å². The minimum absolute atomic E-state index is 0.00502. The molecule has 3 nitrogen and oxygen atoms in total. The number of nitrogens with zero attached hydrogens (tertiary/aromatic N) is 1. The largest absolute Gasteiger partial charge is 0.325 e. The molecular weight excluding hydrogens is 403 g/mol. The maximum Gasteiger partial charge on any atom is 0.321 e. The molecule has 1 atom stereocenters. The van der Waals surface area contributed by atoms with Gasteiger partial charge < -0.3 is 10.2 Å². The summed E-state index contributed by atoms with van der Waals surface area (Å²) in [6, 6.07) is 9.63. The lowest BCUT2D eigenvalue weighted by atomic mass is 9.93. The molecule has 29 heavy (non-hydrogen) atoms. The number of carbonyl (C=O) groups is 1. The van der Waals surface area contributed by atoms with E-state index in [1.165, 1.54) is 5.57 Å². The molecule has 156 valence electrons. The Kier molecular flexibility index (Phi) is 8.26. The van der Waals surface area contributed by atoms with Crippen molar-refractivity contribution in [3.63, 3.8) is 0 Å². The summed E-state index contributed by atoms with van der Waals surface area (Å²) in [6.07, 6.45) is 11.2. The molecule has 0 aromatic heterocycles. The van der Waals surface area contributed by atoms with Crippen molar-refractivity contribution in [1.82, 2.24) is 4.90 Å². The summed E-state index contributed by atoms with van der Waals surface area (Å²) in [6.45, 7) is 3.75. The van der Waals surface area contributed by atoms with E-state index in [2.05, 4.69) is 24.4 Å². The molecule has 1 N–H and O–H groups in total. The molecule has 1 aromatic rings. The number of halogens is 2. The quantitative estimate of drug-likeness (QED) is 0.514. The third kappa shape index (κ3) is 6.38. The van der Waals surface area contributed by atoms with Crippen LogP contribution in [0.1, 0.15) is 51.9 Å². The van der Waals surface area contributed by atoms with Gasteiger partial charge in [0.25, 0.3) is 0 Å². The average Bonchev–Trinajstić information content (AvgIpc) is 3.04. The third-order valence-corrected chi connectivity index (χ3v) is 6.59. The Labute approximate surface area is 184 Å². The van der Waals surface area contributed by atoms with Gasteiger partial charge in [-0.2, -0.15) is 0 Å². The van der Waals surface area contributed by atoms with Gasteiger partial charge in [0.05, 0.1) is 0 Å². The molecule has 0 spiro atoms. The van der Waals surface area contributed by atoms with Crippen LogP contribution in [-0.2, 0) is 0 Å². The number of allylic oxidation sites excluding steroid dienone is 6. The zero-order valence-corrected chi connectivity index (χ0v) is 18.6. The third-order valence-electron chi connectivity index (χ3n) is 5.87. The predicted molar refractivity (Wildman–Crippen MR) is 123 cm³/mol. The number of benzene rings is 1. The highest BCUT2D eigenvalue weighted by Gasteiger charge is 2.22. The second kappa shape index (κ2) is 10.9. The molecule has 1 unspecified atom stereocenters. The second-order valence-corrected chi connectivity index (χ2v) is 8.67. The van der Waals surface area contributed by atoms with E-state index in [4.69, 9.17) is 23.2 Å². The summed E-state index contributed by atoms with van der Waals surface area (Å²) in [5.41, 5.74) is 3.23. The summed E-state index contributed by atoms with van der Waals surface area (Å²) in [5, 5.41) is 4.59. The molecule has 0 bridgehead atoms. The first-order valence-electron chi connectivity index (χ1n) is 10.6. The number of urea groups is 1. The van der Waals surface area contributed by atoms with Gasteiger partial charge in [-0.05, 0) is 74.6 Å². The number of anilines is 1. The van der Waals surface area contributed by atoms with Gasteiger partial charge in [-0.3, -0.25) is 0 Å². The molecule has 3 rings (SSSR count). The molecule has 1 aliphatic carbocycles. The lowest BCUT2D eigenvalue weighted by Gasteiger charge is -2.21. The fraction of sp³-hybridized carbons (Fsp3) is 0.458. The number of nitrogens with one attached hydrogen (secondary N) is 1. The smallest absolute Gasteiger partial charge is 0.321 e. The van der Waals surface area contributed by atoms with E-state index < -0.39 is 0 Å². The van der Waals surface area contributed by atoms with Crippen LogP contribution in [0.2, 0.25) is 0 Å². The summed E-state index contributed by atoms with van der Waals surface area (Å²) in [7, 11) is 0. The first-order chi connectivity index (χ1) is 14.1. The van der Waals surface area contributed by atoms with Gasteiger partial charge in [0.2, 0.25) is 0 Å². The van der Waals surface area contributed by atoms with E-state index in [0.29, 0.717) is 5.92 Å². The van der Waals surface area contributed by atoms with Crippen LogP contribution in [0.25, 0.3) is 0 Å². The van der Waals surface area contributed by atoms with E-state index in [9.17, 15) is 4.79 Å². The predicted octanol–water partition coefficient (Wildman–Crippen LogP) is 7.46. The van der Waals surface area contributed by atoms with E-state index in [0.717, 1.165) is 79.4 Å². The number of carbonyl (C=O) groups excluding carboxylic acids is 1. The number of rotatable bonds is 5. The molecule has 1 saturated heterocycles. The van der Waals surface area contributed by atoms with Crippen molar-refractivity contribution in [2.24, 2.45) is 5.92 Å². The van der Waals surface area contributed by atoms with E-state index >= 15 is 0 Å². The summed E-state index contributed by atoms with van der Waals surface area (Å²) >= 11 is 13.1. The summed E-state index contributed by atoms with van der Waals surface area (Å²) < 4.78 is 0. The van der Waals surface area contributed by atoms with Crippen LogP contribution in [0.4, 0.5) is 10.5 Å². The van der Waals surface area contributed by atoms with Gasteiger partial charge in [-0.1, -0.05) is 60.0 Å². The minimum Gasteiger partial charge on any atom is -0.325 e. The van der Waals surface area contributed by atoms with Crippen molar-refractivity contribution >= 4 is 34.9 Å². The molecule has 0 saturated carbocycles. The van der Waals surface area contributed by atoms with Crippen LogP contribution < -0.4 is 5.32 Å². The minimum atomic E-state index is -0.00502. The fourth-order valence-corrected chi connectivity index (χ4v) is 4.67. The van der Waals surface area contributed by atoms with Crippen LogP contribution in [0.15, 0.2) is 63.7 Å². The molecule has 1 fully saturated rings. The van der Waals surface area contributed by atoms with Gasteiger partial charge in [-0.25, -0.2) is 4.79 Å². The number of likely N-dealkylation sites (tertiary alicyclic amines) is 1. The lowest BCUT2D eigenvalue weighted by molar-refractivity contribution is 0.213. The van der Waals surface area contributed by atoms with Gasteiger partial charge in [0, 0.05) is 28.8 Å². The molecule has 2 aliphatic rings. The van der Waals surface area contributed by atoms with Crippen molar-refractivity contribution in [1.29, 1.82) is 0 Å². The zero-order valence-electron chi connectivity index (χ0n) is 17.1. The Balaban J connectivity index is 1.53. The van der Waals surface area contributed by atoms with Gasteiger partial charge in [0.15, 0.2) is 0 Å². The van der Waals surface area contributed by atoms with Crippen molar-refractivity contribution in [3.05, 3.63) is 63.7 Å². The van der Waals surface area contributed by atoms with Crippen LogP contribution in [0, 0.1) is 5.92 Å². The summed E-state index contributed by atoms with van der Waals surface area (Å²) in [5.74, 6) is 0.587. The number of para-hydroxylation sites is 1. The van der Waals surface area contributed by atoms with E-state index in [1.807, 2.05) is 35.2 Å². The highest BCUT2D eigenvalue weighted by Crippen LogP contribution is 2.34. The van der Waals surface area contributed by atoms with Crippen molar-refractivity contribution in [3.8, 4) is 0 Å². The SMILES string of the molecule is CCC1=CC(Cl)=C(CCC2CCCN(C(=O)Nc3ccccc3)CC2)C(Cl)=CC1.